The van der Waals surface area contributed by atoms with Crippen LogP contribution in [0.4, 0.5) is 5.69 Å². The second-order valence-corrected chi connectivity index (χ2v) is 5.67. The molecule has 1 aromatic rings. The van der Waals surface area contributed by atoms with E-state index in [0.29, 0.717) is 19.7 Å². The molecule has 2 N–H and O–H groups in total. The number of hydrogen-bond donors (Lipinski definition) is 2. The van der Waals surface area contributed by atoms with Gasteiger partial charge >= 0.3 is 0 Å². The highest BCUT2D eigenvalue weighted by molar-refractivity contribution is 9.10. The summed E-state index contributed by atoms with van der Waals surface area (Å²) in [7, 11) is 3.61. The Morgan fingerprint density at radius 1 is 1.43 bits per heavy atom. The summed E-state index contributed by atoms with van der Waals surface area (Å²) in [5.41, 5.74) is 2.20. The van der Waals surface area contributed by atoms with E-state index >= 15 is 0 Å². The van der Waals surface area contributed by atoms with Gasteiger partial charge in [-0.25, -0.2) is 0 Å². The zero-order chi connectivity index (χ0) is 15.7. The number of anilines is 1. The highest BCUT2D eigenvalue weighted by Crippen LogP contribution is 2.23. The number of rotatable bonds is 9. The lowest BCUT2D eigenvalue weighted by Gasteiger charge is -2.22. The lowest BCUT2D eigenvalue weighted by atomic mass is 10.1. The number of hydrogen-bond acceptors (Lipinski definition) is 4. The Bertz CT molecular complexity index is 455. The number of likely N-dealkylation sites (N-methyl/N-ethyl adjacent to an activating group) is 2. The van der Waals surface area contributed by atoms with Crippen LogP contribution in [0.3, 0.4) is 0 Å². The van der Waals surface area contributed by atoms with Gasteiger partial charge in [0.15, 0.2) is 0 Å². The van der Waals surface area contributed by atoms with Crippen LogP contribution in [0.2, 0.25) is 0 Å². The second kappa shape index (κ2) is 9.76. The van der Waals surface area contributed by atoms with Gasteiger partial charge in [-0.05, 0) is 30.7 Å². The summed E-state index contributed by atoms with van der Waals surface area (Å²) >= 11 is 3.49. The molecule has 0 radical (unpaired) electrons. The van der Waals surface area contributed by atoms with Crippen LogP contribution in [0, 0.1) is 0 Å². The molecule has 0 fully saturated rings. The molecule has 118 valence electrons. The quantitative estimate of drug-likeness (QED) is 0.661. The molecule has 0 atom stereocenters. The Morgan fingerprint density at radius 3 is 2.86 bits per heavy atom. The molecule has 1 aromatic carbocycles. The molecule has 21 heavy (non-hydrogen) atoms. The second-order valence-electron chi connectivity index (χ2n) is 4.75. The lowest BCUT2D eigenvalue weighted by Crippen LogP contribution is -2.35. The minimum Gasteiger partial charge on any atom is -0.383 e. The van der Waals surface area contributed by atoms with E-state index in [-0.39, 0.29) is 5.91 Å². The van der Waals surface area contributed by atoms with Crippen molar-refractivity contribution >= 4 is 27.5 Å². The first-order valence-corrected chi connectivity index (χ1v) is 7.83. The summed E-state index contributed by atoms with van der Waals surface area (Å²) in [4.78, 5) is 13.7. The number of nitrogens with one attached hydrogen (secondary N) is 2. The third-order valence-corrected chi connectivity index (χ3v) is 3.50. The highest BCUT2D eigenvalue weighted by Gasteiger charge is 2.11. The Labute approximate surface area is 135 Å². The number of amides is 1. The number of nitrogens with zero attached hydrogens (tertiary/aromatic N) is 1. The Morgan fingerprint density at radius 2 is 2.19 bits per heavy atom. The van der Waals surface area contributed by atoms with E-state index < -0.39 is 0 Å². The average Bonchev–Trinajstić information content (AvgIpc) is 2.43. The molecule has 0 unspecified atom stereocenters. The molecule has 0 aliphatic carbocycles. The van der Waals surface area contributed by atoms with E-state index in [4.69, 9.17) is 4.74 Å². The summed E-state index contributed by atoms with van der Waals surface area (Å²) in [5, 5.41) is 6.15. The molecule has 1 amide bonds. The van der Waals surface area contributed by atoms with Crippen molar-refractivity contribution in [2.45, 2.75) is 13.5 Å². The maximum absolute atomic E-state index is 11.7. The van der Waals surface area contributed by atoms with Crippen LogP contribution < -0.4 is 15.5 Å². The number of halogens is 1. The number of carbonyl (C=O) groups is 1. The van der Waals surface area contributed by atoms with Gasteiger partial charge < -0.3 is 20.3 Å². The summed E-state index contributed by atoms with van der Waals surface area (Å²) in [6.07, 6.45) is 0. The van der Waals surface area contributed by atoms with Gasteiger partial charge in [-0.2, -0.15) is 0 Å². The monoisotopic (exact) mass is 357 g/mol. The van der Waals surface area contributed by atoms with E-state index in [1.165, 1.54) is 0 Å². The normalized spacial score (nSPS) is 10.5. The third kappa shape index (κ3) is 6.46. The van der Waals surface area contributed by atoms with Crippen molar-refractivity contribution in [1.82, 2.24) is 10.6 Å². The van der Waals surface area contributed by atoms with E-state index in [0.717, 1.165) is 28.8 Å². The maximum atomic E-state index is 11.7. The molecule has 0 aromatic heterocycles. The minimum atomic E-state index is 0.0289. The first-order chi connectivity index (χ1) is 10.1. The van der Waals surface area contributed by atoms with E-state index in [2.05, 4.69) is 32.6 Å². The van der Waals surface area contributed by atoms with Gasteiger partial charge in [0, 0.05) is 44.0 Å². The maximum Gasteiger partial charge on any atom is 0.239 e. The molecular weight excluding hydrogens is 334 g/mol. The number of methoxy groups -OCH3 is 1. The topological polar surface area (TPSA) is 53.6 Å². The van der Waals surface area contributed by atoms with Crippen LogP contribution in [0.25, 0.3) is 0 Å². The molecule has 0 saturated heterocycles. The smallest absolute Gasteiger partial charge is 0.239 e. The van der Waals surface area contributed by atoms with Gasteiger partial charge in [0.2, 0.25) is 5.91 Å². The third-order valence-electron chi connectivity index (χ3n) is 3.01. The van der Waals surface area contributed by atoms with Gasteiger partial charge in [-0.15, -0.1) is 0 Å². The van der Waals surface area contributed by atoms with Crippen molar-refractivity contribution in [3.8, 4) is 0 Å². The lowest BCUT2D eigenvalue weighted by molar-refractivity contribution is -0.119. The van der Waals surface area contributed by atoms with Crippen LogP contribution in [-0.2, 0) is 16.1 Å². The van der Waals surface area contributed by atoms with Crippen LogP contribution in [0.1, 0.15) is 12.5 Å². The molecule has 0 saturated carbocycles. The van der Waals surface area contributed by atoms with Crippen LogP contribution in [0.15, 0.2) is 22.7 Å². The molecule has 0 aliphatic rings. The van der Waals surface area contributed by atoms with Crippen molar-refractivity contribution in [3.05, 3.63) is 28.2 Å². The van der Waals surface area contributed by atoms with Gasteiger partial charge in [0.25, 0.3) is 0 Å². The Hall–Kier alpha value is -1.11. The highest BCUT2D eigenvalue weighted by atomic mass is 79.9. The molecule has 6 heteroatoms. The number of ether oxygens (including phenoxy) is 1. The molecule has 0 heterocycles. The fraction of sp³-hybridized carbons (Fsp3) is 0.533. The summed E-state index contributed by atoms with van der Waals surface area (Å²) in [6.45, 7) is 5.13. The van der Waals surface area contributed by atoms with Crippen LogP contribution >= 0.6 is 15.9 Å². The molecule has 0 bridgehead atoms. The number of benzene rings is 1. The summed E-state index contributed by atoms with van der Waals surface area (Å²) < 4.78 is 6.05. The molecular formula is C15H24BrN3O2. The van der Waals surface area contributed by atoms with Gasteiger partial charge in [-0.1, -0.05) is 15.9 Å². The SMILES string of the molecule is CCNC(=O)CN(C)c1ccc(Br)cc1CNCCOC. The fourth-order valence-electron chi connectivity index (χ4n) is 2.02. The van der Waals surface area contributed by atoms with Gasteiger partial charge in [0.1, 0.15) is 0 Å². The Kier molecular flexibility index (Phi) is 8.34. The van der Waals surface area contributed by atoms with E-state index in [9.17, 15) is 4.79 Å². The van der Waals surface area contributed by atoms with Gasteiger partial charge in [-0.3, -0.25) is 4.79 Å². The minimum absolute atomic E-state index is 0.0289. The molecule has 1 rings (SSSR count). The van der Waals surface area contributed by atoms with Crippen molar-refractivity contribution in [2.24, 2.45) is 0 Å². The molecule has 0 aliphatic heterocycles. The fourth-order valence-corrected chi connectivity index (χ4v) is 2.43. The Balaban J connectivity index is 2.72. The van der Waals surface area contributed by atoms with Crippen molar-refractivity contribution in [3.63, 3.8) is 0 Å². The van der Waals surface area contributed by atoms with Crippen molar-refractivity contribution < 1.29 is 9.53 Å². The van der Waals surface area contributed by atoms with Crippen molar-refractivity contribution in [1.29, 1.82) is 0 Å². The largest absolute Gasteiger partial charge is 0.383 e. The molecule has 5 nitrogen and oxygen atoms in total. The zero-order valence-corrected chi connectivity index (χ0v) is 14.5. The predicted octanol–water partition coefficient (Wildman–Crippen LogP) is 1.76. The van der Waals surface area contributed by atoms with E-state index in [1.807, 2.05) is 31.0 Å². The first kappa shape index (κ1) is 17.9. The summed E-state index contributed by atoms with van der Waals surface area (Å²) in [5.74, 6) is 0.0289. The standard InChI is InChI=1S/C15H24BrN3O2/c1-4-18-15(20)11-19(2)14-6-5-13(16)9-12(14)10-17-7-8-21-3/h5-6,9,17H,4,7-8,10-11H2,1-3H3,(H,18,20). The average molecular weight is 358 g/mol. The molecule has 0 spiro atoms. The van der Waals surface area contributed by atoms with E-state index in [1.54, 1.807) is 7.11 Å². The number of carbonyl (C=O) groups excluding carboxylic acids is 1. The van der Waals surface area contributed by atoms with Crippen LogP contribution in [-0.4, -0.2) is 46.3 Å². The predicted molar refractivity (Wildman–Crippen MR) is 89.7 cm³/mol. The summed E-state index contributed by atoms with van der Waals surface area (Å²) in [6, 6.07) is 6.09. The van der Waals surface area contributed by atoms with Crippen LogP contribution in [0.5, 0.6) is 0 Å². The first-order valence-electron chi connectivity index (χ1n) is 7.04. The zero-order valence-electron chi connectivity index (χ0n) is 12.9. The van der Waals surface area contributed by atoms with Crippen molar-refractivity contribution in [2.75, 3.05) is 45.3 Å². The van der Waals surface area contributed by atoms with Gasteiger partial charge in [0.05, 0.1) is 13.2 Å².